The van der Waals surface area contributed by atoms with Crippen molar-refractivity contribution < 1.29 is 4.79 Å². The van der Waals surface area contributed by atoms with E-state index in [0.717, 1.165) is 42.6 Å². The van der Waals surface area contributed by atoms with Crippen LogP contribution in [-0.4, -0.2) is 28.9 Å². The number of benzene rings is 2. The number of halogens is 1. The third-order valence-electron chi connectivity index (χ3n) is 5.58. The Bertz CT molecular complexity index is 1010. The third kappa shape index (κ3) is 4.50. The number of hydrogen-bond donors (Lipinski definition) is 1. The van der Waals surface area contributed by atoms with Crippen LogP contribution in [0.5, 0.6) is 0 Å². The molecule has 1 amide bonds. The van der Waals surface area contributed by atoms with Crippen LogP contribution >= 0.6 is 11.6 Å². The molecule has 5 heteroatoms. The minimum absolute atomic E-state index is 0.0375. The molecule has 1 aromatic heterocycles. The summed E-state index contributed by atoms with van der Waals surface area (Å²) < 4.78 is 0. The van der Waals surface area contributed by atoms with Gasteiger partial charge in [0.15, 0.2) is 0 Å². The van der Waals surface area contributed by atoms with Crippen LogP contribution in [0, 0.1) is 0 Å². The molecule has 148 valence electrons. The summed E-state index contributed by atoms with van der Waals surface area (Å²) in [6.45, 7) is 2.05. The van der Waals surface area contributed by atoms with Crippen molar-refractivity contribution in [2.75, 3.05) is 13.1 Å². The van der Waals surface area contributed by atoms with Crippen LogP contribution in [0.2, 0.25) is 5.02 Å². The van der Waals surface area contributed by atoms with Crippen LogP contribution in [-0.2, 0) is 6.54 Å². The number of hydrogen-bond acceptors (Lipinski definition) is 3. The molecule has 4 rings (SSSR count). The highest BCUT2D eigenvalue weighted by Crippen LogP contribution is 2.30. The average Bonchev–Trinajstić information content (AvgIpc) is 2.79. The van der Waals surface area contributed by atoms with Gasteiger partial charge in [0.1, 0.15) is 0 Å². The Balaban J connectivity index is 1.45. The molecule has 2 aromatic carbocycles. The summed E-state index contributed by atoms with van der Waals surface area (Å²) in [4.78, 5) is 19.3. The number of nitrogens with two attached hydrogens (primary N) is 1. The molecular formula is C24H24ClN3O. The second-order valence-corrected chi connectivity index (χ2v) is 7.92. The van der Waals surface area contributed by atoms with E-state index in [2.05, 4.69) is 29.2 Å². The van der Waals surface area contributed by atoms with Gasteiger partial charge in [-0.25, -0.2) is 0 Å². The Labute approximate surface area is 176 Å². The number of piperidine rings is 1. The molecule has 29 heavy (non-hydrogen) atoms. The van der Waals surface area contributed by atoms with Crippen LogP contribution in [0.3, 0.4) is 0 Å². The fraction of sp³-hybridized carbons (Fsp3) is 0.250. The molecule has 4 nitrogen and oxygen atoms in total. The van der Waals surface area contributed by atoms with Gasteiger partial charge in [-0.15, -0.1) is 0 Å². The molecule has 0 aliphatic carbocycles. The van der Waals surface area contributed by atoms with E-state index in [9.17, 15) is 4.79 Å². The highest BCUT2D eigenvalue weighted by Gasteiger charge is 2.25. The molecule has 1 fully saturated rings. The molecule has 0 bridgehead atoms. The number of pyridine rings is 1. The summed E-state index contributed by atoms with van der Waals surface area (Å²) in [5.74, 6) is 0.511. The predicted octanol–water partition coefficient (Wildman–Crippen LogP) is 4.88. The van der Waals surface area contributed by atoms with Crippen molar-refractivity contribution in [3.05, 3.63) is 88.7 Å². The lowest BCUT2D eigenvalue weighted by atomic mass is 9.88. The zero-order valence-electron chi connectivity index (χ0n) is 16.2. The Morgan fingerprint density at radius 2 is 1.83 bits per heavy atom. The monoisotopic (exact) mass is 405 g/mol. The molecule has 1 aliphatic heterocycles. The lowest BCUT2D eigenvalue weighted by molar-refractivity contribution is 0.0712. The van der Waals surface area contributed by atoms with Gasteiger partial charge >= 0.3 is 0 Å². The Hall–Kier alpha value is -2.69. The Kier molecular flexibility index (Phi) is 5.93. The van der Waals surface area contributed by atoms with Gasteiger partial charge in [0, 0.05) is 42.6 Å². The standard InChI is InChI=1S/C24H24ClN3O/c25-23-6-2-5-20(13-23)21-12-22(16-27-15-21)24(29)28-9-7-18(8-10-28)19-4-1-3-17(11-19)14-26/h1-6,11-13,15-16,18H,7-10,14,26H2. The first kappa shape index (κ1) is 19.6. The highest BCUT2D eigenvalue weighted by atomic mass is 35.5. The molecule has 1 aliphatic rings. The van der Waals surface area contributed by atoms with Gasteiger partial charge in [0.25, 0.3) is 5.91 Å². The summed E-state index contributed by atoms with van der Waals surface area (Å²) in [6.07, 6.45) is 5.33. The first-order valence-electron chi connectivity index (χ1n) is 9.93. The first-order chi connectivity index (χ1) is 14.1. The molecular weight excluding hydrogens is 382 g/mol. The Morgan fingerprint density at radius 1 is 1.03 bits per heavy atom. The number of nitrogens with zero attached hydrogens (tertiary/aromatic N) is 2. The van der Waals surface area contributed by atoms with E-state index in [0.29, 0.717) is 23.0 Å². The van der Waals surface area contributed by atoms with Gasteiger partial charge in [-0.05, 0) is 53.6 Å². The Morgan fingerprint density at radius 3 is 2.59 bits per heavy atom. The molecule has 0 saturated carbocycles. The van der Waals surface area contributed by atoms with Crippen molar-refractivity contribution in [2.24, 2.45) is 5.73 Å². The first-order valence-corrected chi connectivity index (χ1v) is 10.3. The maximum Gasteiger partial charge on any atom is 0.255 e. The summed E-state index contributed by atoms with van der Waals surface area (Å²) in [6, 6.07) is 18.0. The molecule has 1 saturated heterocycles. The van der Waals surface area contributed by atoms with Crippen molar-refractivity contribution in [2.45, 2.75) is 25.3 Å². The van der Waals surface area contributed by atoms with Gasteiger partial charge in [-0.1, -0.05) is 48.0 Å². The van der Waals surface area contributed by atoms with Gasteiger partial charge in [0.05, 0.1) is 5.56 Å². The molecule has 2 N–H and O–H groups in total. The SMILES string of the molecule is NCc1cccc(C2CCN(C(=O)c3cncc(-c4cccc(Cl)c4)c3)CC2)c1. The predicted molar refractivity (Wildman–Crippen MR) is 117 cm³/mol. The van der Waals surface area contributed by atoms with E-state index in [-0.39, 0.29) is 5.91 Å². The minimum atomic E-state index is 0.0375. The van der Waals surface area contributed by atoms with E-state index in [4.69, 9.17) is 17.3 Å². The number of carbonyl (C=O) groups excluding carboxylic acids is 1. The lowest BCUT2D eigenvalue weighted by Crippen LogP contribution is -2.38. The van der Waals surface area contributed by atoms with Crippen LogP contribution in [0.25, 0.3) is 11.1 Å². The second-order valence-electron chi connectivity index (χ2n) is 7.49. The number of amides is 1. The van der Waals surface area contributed by atoms with E-state index in [1.165, 1.54) is 5.56 Å². The second kappa shape index (κ2) is 8.76. The normalized spacial score (nSPS) is 14.8. The van der Waals surface area contributed by atoms with Crippen LogP contribution in [0.1, 0.15) is 40.2 Å². The molecule has 3 aromatic rings. The molecule has 0 unspecified atom stereocenters. The van der Waals surface area contributed by atoms with E-state index in [1.54, 1.807) is 12.4 Å². The van der Waals surface area contributed by atoms with E-state index in [1.807, 2.05) is 35.2 Å². The van der Waals surface area contributed by atoms with Crippen molar-refractivity contribution >= 4 is 17.5 Å². The zero-order valence-corrected chi connectivity index (χ0v) is 17.0. The van der Waals surface area contributed by atoms with Gasteiger partial charge in [-0.2, -0.15) is 0 Å². The quantitative estimate of drug-likeness (QED) is 0.672. The largest absolute Gasteiger partial charge is 0.339 e. The van der Waals surface area contributed by atoms with Gasteiger partial charge in [-0.3, -0.25) is 9.78 Å². The molecule has 0 spiro atoms. The number of likely N-dealkylation sites (tertiary alicyclic amines) is 1. The number of carbonyl (C=O) groups is 1. The maximum atomic E-state index is 13.0. The van der Waals surface area contributed by atoms with Crippen LogP contribution in [0.4, 0.5) is 0 Å². The zero-order chi connectivity index (χ0) is 20.2. The van der Waals surface area contributed by atoms with Crippen LogP contribution < -0.4 is 5.73 Å². The topological polar surface area (TPSA) is 59.2 Å². The lowest BCUT2D eigenvalue weighted by Gasteiger charge is -2.32. The average molecular weight is 406 g/mol. The van der Waals surface area contributed by atoms with E-state index >= 15 is 0 Å². The fourth-order valence-electron chi connectivity index (χ4n) is 3.96. The fourth-order valence-corrected chi connectivity index (χ4v) is 4.15. The molecule has 0 atom stereocenters. The minimum Gasteiger partial charge on any atom is -0.339 e. The molecule has 2 heterocycles. The van der Waals surface area contributed by atoms with Crippen molar-refractivity contribution in [3.63, 3.8) is 0 Å². The van der Waals surface area contributed by atoms with Crippen molar-refractivity contribution in [3.8, 4) is 11.1 Å². The van der Waals surface area contributed by atoms with Gasteiger partial charge < -0.3 is 10.6 Å². The number of rotatable bonds is 4. The number of aromatic nitrogens is 1. The highest BCUT2D eigenvalue weighted by molar-refractivity contribution is 6.30. The van der Waals surface area contributed by atoms with Crippen LogP contribution in [0.15, 0.2) is 67.0 Å². The maximum absolute atomic E-state index is 13.0. The van der Waals surface area contributed by atoms with Crippen molar-refractivity contribution in [1.29, 1.82) is 0 Å². The summed E-state index contributed by atoms with van der Waals surface area (Å²) >= 11 is 6.10. The summed E-state index contributed by atoms with van der Waals surface area (Å²) in [5.41, 5.74) is 10.7. The van der Waals surface area contributed by atoms with Gasteiger partial charge in [0.2, 0.25) is 0 Å². The third-order valence-corrected chi connectivity index (χ3v) is 5.82. The summed E-state index contributed by atoms with van der Waals surface area (Å²) in [5, 5.41) is 0.667. The van der Waals surface area contributed by atoms with Crippen molar-refractivity contribution in [1.82, 2.24) is 9.88 Å². The summed E-state index contributed by atoms with van der Waals surface area (Å²) in [7, 11) is 0. The molecule has 0 radical (unpaired) electrons. The van der Waals surface area contributed by atoms with E-state index < -0.39 is 0 Å². The smallest absolute Gasteiger partial charge is 0.255 e.